The minimum Gasteiger partial charge on any atom is -0.481 e. The molecule has 0 saturated carbocycles. The number of unbranched alkanes of at least 4 members (excludes halogenated alkanes) is 9. The maximum absolute atomic E-state index is 5.66. The van der Waals surface area contributed by atoms with E-state index in [0.29, 0.717) is 5.05 Å². The topological polar surface area (TPSA) is 21.8 Å². The molecule has 0 spiro atoms. The first-order chi connectivity index (χ1) is 9.74. The van der Waals surface area contributed by atoms with Crippen LogP contribution in [0.25, 0.3) is 0 Å². The van der Waals surface area contributed by atoms with Gasteiger partial charge >= 0.3 is 0 Å². The van der Waals surface area contributed by atoms with Crippen LogP contribution in [0.15, 0.2) is 0 Å². The zero-order valence-corrected chi connectivity index (χ0v) is 14.2. The molecule has 1 saturated heterocycles. The largest absolute Gasteiger partial charge is 0.481 e. The molecule has 2 nitrogen and oxygen atoms in total. The summed E-state index contributed by atoms with van der Waals surface area (Å²) in [5.41, 5.74) is 0. The molecule has 1 rings (SSSR count). The van der Waals surface area contributed by atoms with E-state index < -0.39 is 0 Å². The number of ether oxygens (including phenoxy) is 2. The second kappa shape index (κ2) is 11.5. The lowest BCUT2D eigenvalue weighted by Crippen LogP contribution is -2.17. The third-order valence-corrected chi connectivity index (χ3v) is 4.24. The molecule has 3 heteroatoms. The van der Waals surface area contributed by atoms with Crippen molar-refractivity contribution >= 4 is 17.3 Å². The van der Waals surface area contributed by atoms with Gasteiger partial charge in [0.2, 0.25) is 0 Å². The Bertz CT molecular complexity index is 251. The summed E-state index contributed by atoms with van der Waals surface area (Å²) in [6.07, 6.45) is 15.3. The molecule has 0 bridgehead atoms. The van der Waals surface area contributed by atoms with Gasteiger partial charge in [0, 0.05) is 0 Å². The van der Waals surface area contributed by atoms with Crippen LogP contribution in [-0.2, 0) is 9.47 Å². The predicted octanol–water partition coefficient (Wildman–Crippen LogP) is 5.43. The second-order valence-electron chi connectivity index (χ2n) is 6.04. The molecule has 0 aromatic heterocycles. The van der Waals surface area contributed by atoms with Crippen molar-refractivity contribution in [2.24, 2.45) is 0 Å². The first kappa shape index (κ1) is 17.9. The predicted molar refractivity (Wildman–Crippen MR) is 89.3 cm³/mol. The zero-order chi connectivity index (χ0) is 14.6. The molecule has 0 aromatic carbocycles. The Morgan fingerprint density at radius 3 is 2.05 bits per heavy atom. The lowest BCUT2D eigenvalue weighted by Gasteiger charge is -2.13. The Balaban J connectivity index is 1.78. The number of hydrogen-bond acceptors (Lipinski definition) is 3. The summed E-state index contributed by atoms with van der Waals surface area (Å²) < 4.78 is 10.8. The minimum atomic E-state index is 0.111. The molecule has 0 aliphatic carbocycles. The average molecular weight is 301 g/mol. The van der Waals surface area contributed by atoms with Gasteiger partial charge < -0.3 is 9.47 Å². The minimum absolute atomic E-state index is 0.111. The molecule has 0 amide bonds. The van der Waals surface area contributed by atoms with E-state index in [0.717, 1.165) is 13.0 Å². The summed E-state index contributed by atoms with van der Waals surface area (Å²) in [5, 5.41) is 0.657. The van der Waals surface area contributed by atoms with Gasteiger partial charge in [-0.2, -0.15) is 0 Å². The van der Waals surface area contributed by atoms with E-state index in [1.54, 1.807) is 0 Å². The molecule has 2 atom stereocenters. The zero-order valence-electron chi connectivity index (χ0n) is 13.4. The van der Waals surface area contributed by atoms with Crippen LogP contribution < -0.4 is 0 Å². The fourth-order valence-corrected chi connectivity index (χ4v) is 2.74. The Labute approximate surface area is 130 Å². The van der Waals surface area contributed by atoms with Crippen molar-refractivity contribution in [2.45, 2.75) is 96.7 Å². The molecule has 1 aliphatic heterocycles. The molecule has 1 heterocycles. The van der Waals surface area contributed by atoms with Gasteiger partial charge in [-0.3, -0.25) is 0 Å². The third-order valence-electron chi connectivity index (χ3n) is 3.88. The van der Waals surface area contributed by atoms with Crippen LogP contribution in [0.1, 0.15) is 84.5 Å². The van der Waals surface area contributed by atoms with Gasteiger partial charge in [-0.25, -0.2) is 0 Å². The highest BCUT2D eigenvalue weighted by Gasteiger charge is 2.30. The van der Waals surface area contributed by atoms with Gasteiger partial charge in [0.1, 0.15) is 6.10 Å². The summed E-state index contributed by atoms with van der Waals surface area (Å²) in [4.78, 5) is 0. The molecule has 2 unspecified atom stereocenters. The summed E-state index contributed by atoms with van der Waals surface area (Å²) >= 11 is 5.15. The smallest absolute Gasteiger partial charge is 0.191 e. The van der Waals surface area contributed by atoms with E-state index in [1.165, 1.54) is 64.2 Å². The Kier molecular flexibility index (Phi) is 10.3. The summed E-state index contributed by atoms with van der Waals surface area (Å²) in [6.45, 7) is 5.14. The van der Waals surface area contributed by atoms with E-state index >= 15 is 0 Å². The second-order valence-corrected chi connectivity index (χ2v) is 6.44. The normalized spacial score (nSPS) is 18.8. The van der Waals surface area contributed by atoms with Crippen LogP contribution >= 0.6 is 12.2 Å². The standard InChI is InChI=1S/C17H32O2S/c1-3-4-5-6-7-8-9-10-11-12-13-15(2)19-17(20)16-14-18-16/h15-16H,3-14H2,1-2H3. The monoisotopic (exact) mass is 300 g/mol. The Morgan fingerprint density at radius 1 is 1.05 bits per heavy atom. The van der Waals surface area contributed by atoms with Gasteiger partial charge in [0.15, 0.2) is 5.05 Å². The lowest BCUT2D eigenvalue weighted by atomic mass is 10.0. The van der Waals surface area contributed by atoms with Crippen molar-refractivity contribution < 1.29 is 9.47 Å². The van der Waals surface area contributed by atoms with Crippen LogP contribution in [0.2, 0.25) is 0 Å². The highest BCUT2D eigenvalue weighted by atomic mass is 32.1. The van der Waals surface area contributed by atoms with Crippen LogP contribution in [0.5, 0.6) is 0 Å². The molecule has 1 fully saturated rings. The molecular formula is C17H32O2S. The third kappa shape index (κ3) is 9.71. The highest BCUT2D eigenvalue weighted by Crippen LogP contribution is 2.16. The molecule has 0 N–H and O–H groups in total. The maximum atomic E-state index is 5.66. The molecule has 0 radical (unpaired) electrons. The number of hydrogen-bond donors (Lipinski definition) is 0. The quantitative estimate of drug-likeness (QED) is 0.257. The van der Waals surface area contributed by atoms with E-state index in [9.17, 15) is 0 Å². The molecular weight excluding hydrogens is 268 g/mol. The summed E-state index contributed by atoms with van der Waals surface area (Å²) in [6, 6.07) is 0. The maximum Gasteiger partial charge on any atom is 0.191 e. The van der Waals surface area contributed by atoms with E-state index in [-0.39, 0.29) is 12.2 Å². The number of thiocarbonyl (C=S) groups is 1. The van der Waals surface area contributed by atoms with Crippen molar-refractivity contribution in [3.63, 3.8) is 0 Å². The van der Waals surface area contributed by atoms with Crippen molar-refractivity contribution in [1.82, 2.24) is 0 Å². The van der Waals surface area contributed by atoms with Crippen molar-refractivity contribution in [3.8, 4) is 0 Å². The lowest BCUT2D eigenvalue weighted by molar-refractivity contribution is 0.188. The van der Waals surface area contributed by atoms with E-state index in [1.807, 2.05) is 0 Å². The van der Waals surface area contributed by atoms with Crippen LogP contribution in [0.4, 0.5) is 0 Å². The van der Waals surface area contributed by atoms with Crippen molar-refractivity contribution in [3.05, 3.63) is 0 Å². The van der Waals surface area contributed by atoms with Crippen LogP contribution in [0, 0.1) is 0 Å². The fraction of sp³-hybridized carbons (Fsp3) is 0.941. The average Bonchev–Trinajstić information content (AvgIpc) is 3.25. The summed E-state index contributed by atoms with van der Waals surface area (Å²) in [5.74, 6) is 0. The van der Waals surface area contributed by atoms with Crippen LogP contribution in [0.3, 0.4) is 0 Å². The first-order valence-corrected chi connectivity index (χ1v) is 8.97. The Morgan fingerprint density at radius 2 is 1.55 bits per heavy atom. The van der Waals surface area contributed by atoms with Crippen molar-refractivity contribution in [2.75, 3.05) is 6.61 Å². The molecule has 0 aromatic rings. The molecule has 1 aliphatic rings. The number of rotatable bonds is 13. The van der Waals surface area contributed by atoms with Gasteiger partial charge in [0.05, 0.1) is 12.7 Å². The molecule has 20 heavy (non-hydrogen) atoms. The van der Waals surface area contributed by atoms with Crippen molar-refractivity contribution in [1.29, 1.82) is 0 Å². The highest BCUT2D eigenvalue weighted by molar-refractivity contribution is 7.80. The van der Waals surface area contributed by atoms with E-state index in [4.69, 9.17) is 21.7 Å². The first-order valence-electron chi connectivity index (χ1n) is 8.56. The van der Waals surface area contributed by atoms with E-state index in [2.05, 4.69) is 13.8 Å². The van der Waals surface area contributed by atoms with Gasteiger partial charge in [0.25, 0.3) is 0 Å². The number of epoxide rings is 1. The van der Waals surface area contributed by atoms with Gasteiger partial charge in [-0.15, -0.1) is 0 Å². The van der Waals surface area contributed by atoms with Gasteiger partial charge in [-0.1, -0.05) is 64.7 Å². The molecule has 118 valence electrons. The van der Waals surface area contributed by atoms with Gasteiger partial charge in [-0.05, 0) is 32.0 Å². The van der Waals surface area contributed by atoms with Crippen LogP contribution in [-0.4, -0.2) is 23.9 Å². The SMILES string of the molecule is CCCCCCCCCCCCC(C)OC(=S)C1CO1. The fourth-order valence-electron chi connectivity index (χ4n) is 2.44. The Hall–Kier alpha value is -0.150. The summed E-state index contributed by atoms with van der Waals surface area (Å²) in [7, 11) is 0.